The van der Waals surface area contributed by atoms with Crippen LogP contribution < -0.4 is 15.2 Å². The first-order valence-electron chi connectivity index (χ1n) is 8.00. The highest BCUT2D eigenvalue weighted by Crippen LogP contribution is 2.33. The van der Waals surface area contributed by atoms with Crippen molar-refractivity contribution >= 4 is 24.0 Å². The van der Waals surface area contributed by atoms with Gasteiger partial charge in [0, 0.05) is 22.9 Å². The van der Waals surface area contributed by atoms with Crippen molar-refractivity contribution in [2.24, 2.45) is 0 Å². The first kappa shape index (κ1) is 18.9. The van der Waals surface area contributed by atoms with E-state index in [4.69, 9.17) is 15.2 Å². The van der Waals surface area contributed by atoms with Crippen LogP contribution in [0.15, 0.2) is 42.5 Å². The molecule has 0 radical (unpaired) electrons. The van der Waals surface area contributed by atoms with E-state index in [1.54, 1.807) is 38.5 Å². The Hall–Kier alpha value is -2.40. The van der Waals surface area contributed by atoms with E-state index in [1.807, 2.05) is 23.1 Å². The lowest BCUT2D eigenvalue weighted by molar-refractivity contribution is 0.0728. The topological polar surface area (TPSA) is 64.8 Å². The normalized spacial score (nSPS) is 12.9. The first-order chi connectivity index (χ1) is 11.6. The molecule has 1 fully saturated rings. The Kier molecular flexibility index (Phi) is 6.15. The van der Waals surface area contributed by atoms with Crippen molar-refractivity contribution in [2.45, 2.75) is 25.4 Å². The summed E-state index contributed by atoms with van der Waals surface area (Å²) in [6, 6.07) is 13.0. The molecule has 2 aromatic rings. The van der Waals surface area contributed by atoms with Crippen LogP contribution in [0.1, 0.15) is 28.8 Å². The van der Waals surface area contributed by atoms with E-state index in [2.05, 4.69) is 0 Å². The van der Waals surface area contributed by atoms with Crippen molar-refractivity contribution in [1.29, 1.82) is 0 Å². The average molecular weight is 363 g/mol. The minimum atomic E-state index is -0.00493. The molecule has 1 aliphatic rings. The van der Waals surface area contributed by atoms with Crippen LogP contribution in [0.5, 0.6) is 11.5 Å². The van der Waals surface area contributed by atoms with Gasteiger partial charge in [0.2, 0.25) is 0 Å². The maximum Gasteiger partial charge on any atom is 0.254 e. The van der Waals surface area contributed by atoms with Crippen molar-refractivity contribution in [3.8, 4) is 11.5 Å². The van der Waals surface area contributed by atoms with E-state index in [0.717, 1.165) is 29.9 Å². The monoisotopic (exact) mass is 362 g/mol. The standard InChI is InChI=1S/C19H22N2O3.ClH/c1-23-17-8-9-18(24-2)14(11-17)12-21(16-6-7-16)19(22)13-4-3-5-15(20)10-13;/h3-5,8-11,16H,6-7,12,20H2,1-2H3;1H. The van der Waals surface area contributed by atoms with E-state index >= 15 is 0 Å². The molecule has 2 aromatic carbocycles. The van der Waals surface area contributed by atoms with Crippen LogP contribution in [0.3, 0.4) is 0 Å². The summed E-state index contributed by atoms with van der Waals surface area (Å²) in [5.74, 6) is 1.49. The SMILES string of the molecule is COc1ccc(OC)c(CN(C(=O)c2cccc(N)c2)C2CC2)c1.Cl. The van der Waals surface area contributed by atoms with Crippen LogP contribution in [0.2, 0.25) is 0 Å². The second kappa shape index (κ2) is 8.12. The molecule has 134 valence electrons. The summed E-state index contributed by atoms with van der Waals surface area (Å²) in [6.45, 7) is 0.485. The quantitative estimate of drug-likeness (QED) is 0.798. The van der Waals surface area contributed by atoms with Gasteiger partial charge in [0.15, 0.2) is 0 Å². The van der Waals surface area contributed by atoms with Gasteiger partial charge in [0.05, 0.1) is 20.8 Å². The molecule has 3 rings (SSSR count). The molecule has 0 saturated heterocycles. The maximum absolute atomic E-state index is 12.9. The fourth-order valence-corrected chi connectivity index (χ4v) is 2.78. The lowest BCUT2D eigenvalue weighted by Crippen LogP contribution is -2.32. The highest BCUT2D eigenvalue weighted by atomic mass is 35.5. The van der Waals surface area contributed by atoms with Crippen LogP contribution in [0, 0.1) is 0 Å². The van der Waals surface area contributed by atoms with E-state index in [-0.39, 0.29) is 24.4 Å². The zero-order valence-corrected chi connectivity index (χ0v) is 15.2. The number of anilines is 1. The number of nitrogen functional groups attached to an aromatic ring is 1. The number of carbonyl (C=O) groups excluding carboxylic acids is 1. The molecule has 0 spiro atoms. The Bertz CT molecular complexity index is 747. The van der Waals surface area contributed by atoms with E-state index in [9.17, 15) is 4.79 Å². The van der Waals surface area contributed by atoms with Crippen LogP contribution in [0.25, 0.3) is 0 Å². The number of methoxy groups -OCH3 is 2. The second-order valence-corrected chi connectivity index (χ2v) is 5.97. The molecule has 0 unspecified atom stereocenters. The number of nitrogens with zero attached hydrogens (tertiary/aromatic N) is 1. The number of ether oxygens (including phenoxy) is 2. The molecule has 5 nitrogen and oxygen atoms in total. The van der Waals surface area contributed by atoms with Gasteiger partial charge in [0.1, 0.15) is 11.5 Å². The number of carbonyl (C=O) groups is 1. The maximum atomic E-state index is 12.9. The predicted octanol–water partition coefficient (Wildman–Crippen LogP) is 3.51. The first-order valence-corrected chi connectivity index (χ1v) is 8.00. The summed E-state index contributed by atoms with van der Waals surface area (Å²) >= 11 is 0. The minimum absolute atomic E-state index is 0. The Morgan fingerprint density at radius 2 is 1.92 bits per heavy atom. The smallest absolute Gasteiger partial charge is 0.254 e. The zero-order valence-electron chi connectivity index (χ0n) is 14.4. The number of nitrogens with two attached hydrogens (primary N) is 1. The highest BCUT2D eigenvalue weighted by molar-refractivity contribution is 5.95. The third-order valence-corrected chi connectivity index (χ3v) is 4.21. The van der Waals surface area contributed by atoms with Crippen LogP contribution >= 0.6 is 12.4 Å². The lowest BCUT2D eigenvalue weighted by atomic mass is 10.1. The van der Waals surface area contributed by atoms with Gasteiger partial charge < -0.3 is 20.1 Å². The zero-order chi connectivity index (χ0) is 17.1. The van der Waals surface area contributed by atoms with Crippen LogP contribution in [-0.2, 0) is 6.54 Å². The third-order valence-electron chi connectivity index (χ3n) is 4.21. The summed E-state index contributed by atoms with van der Waals surface area (Å²) in [7, 11) is 3.26. The lowest BCUT2D eigenvalue weighted by Gasteiger charge is -2.24. The molecule has 25 heavy (non-hydrogen) atoms. The van der Waals surface area contributed by atoms with Gasteiger partial charge in [-0.2, -0.15) is 0 Å². The molecule has 0 bridgehead atoms. The number of hydrogen-bond donors (Lipinski definition) is 1. The molecule has 0 heterocycles. The second-order valence-electron chi connectivity index (χ2n) is 5.97. The highest BCUT2D eigenvalue weighted by Gasteiger charge is 2.33. The summed E-state index contributed by atoms with van der Waals surface area (Å²) in [4.78, 5) is 14.8. The van der Waals surface area contributed by atoms with Gasteiger partial charge in [0.25, 0.3) is 5.91 Å². The molecule has 1 saturated carbocycles. The molecule has 1 aliphatic carbocycles. The van der Waals surface area contributed by atoms with Gasteiger partial charge in [-0.25, -0.2) is 0 Å². The van der Waals surface area contributed by atoms with Gasteiger partial charge in [-0.3, -0.25) is 4.79 Å². The molecule has 6 heteroatoms. The summed E-state index contributed by atoms with van der Waals surface area (Å²) in [5, 5.41) is 0. The number of halogens is 1. The molecule has 0 atom stereocenters. The van der Waals surface area contributed by atoms with Crippen molar-refractivity contribution < 1.29 is 14.3 Å². The molecular formula is C19H23ClN2O3. The van der Waals surface area contributed by atoms with Crippen LogP contribution in [0.4, 0.5) is 5.69 Å². The summed E-state index contributed by atoms with van der Waals surface area (Å²) in [6.07, 6.45) is 2.06. The number of hydrogen-bond acceptors (Lipinski definition) is 4. The fraction of sp³-hybridized carbons (Fsp3) is 0.316. The molecule has 0 aromatic heterocycles. The van der Waals surface area contributed by atoms with Gasteiger partial charge in [-0.1, -0.05) is 6.07 Å². The summed E-state index contributed by atoms with van der Waals surface area (Å²) < 4.78 is 10.7. The van der Waals surface area contributed by atoms with Crippen molar-refractivity contribution in [3.05, 3.63) is 53.6 Å². The van der Waals surface area contributed by atoms with Gasteiger partial charge in [-0.05, 0) is 49.2 Å². The Morgan fingerprint density at radius 3 is 2.52 bits per heavy atom. The van der Waals surface area contributed by atoms with E-state index < -0.39 is 0 Å². The Balaban J connectivity index is 0.00000225. The Morgan fingerprint density at radius 1 is 1.16 bits per heavy atom. The van der Waals surface area contributed by atoms with Crippen molar-refractivity contribution in [1.82, 2.24) is 4.90 Å². The molecular weight excluding hydrogens is 340 g/mol. The number of benzene rings is 2. The Labute approximate surface area is 154 Å². The average Bonchev–Trinajstić information content (AvgIpc) is 3.43. The minimum Gasteiger partial charge on any atom is -0.497 e. The fourth-order valence-electron chi connectivity index (χ4n) is 2.78. The van der Waals surface area contributed by atoms with E-state index in [1.165, 1.54) is 0 Å². The third kappa shape index (κ3) is 4.37. The number of rotatable bonds is 6. The number of amides is 1. The molecule has 2 N–H and O–H groups in total. The largest absolute Gasteiger partial charge is 0.497 e. The molecule has 0 aliphatic heterocycles. The van der Waals surface area contributed by atoms with Gasteiger partial charge in [-0.15, -0.1) is 12.4 Å². The summed E-state index contributed by atoms with van der Waals surface area (Å²) in [5.41, 5.74) is 7.96. The van der Waals surface area contributed by atoms with Crippen molar-refractivity contribution in [3.63, 3.8) is 0 Å². The van der Waals surface area contributed by atoms with Gasteiger partial charge >= 0.3 is 0 Å². The van der Waals surface area contributed by atoms with E-state index in [0.29, 0.717) is 17.8 Å². The van der Waals surface area contributed by atoms with Crippen molar-refractivity contribution in [2.75, 3.05) is 20.0 Å². The molecule has 1 amide bonds. The van der Waals surface area contributed by atoms with Crippen LogP contribution in [-0.4, -0.2) is 31.1 Å². The predicted molar refractivity (Wildman–Crippen MR) is 101 cm³/mol.